The fourth-order valence-corrected chi connectivity index (χ4v) is 3.07. The third-order valence-corrected chi connectivity index (χ3v) is 4.03. The van der Waals surface area contributed by atoms with Crippen molar-refractivity contribution in [1.29, 1.82) is 0 Å². The number of aromatic nitrogens is 1. The minimum absolute atomic E-state index is 1.07. The average Bonchev–Trinajstić information content (AvgIpc) is 2.53. The van der Waals surface area contributed by atoms with Crippen LogP contribution in [0.5, 0.6) is 0 Å². The first-order valence-electron chi connectivity index (χ1n) is 3.63. The van der Waals surface area contributed by atoms with Crippen molar-refractivity contribution < 1.29 is 0 Å². The molecule has 0 atom stereocenters. The number of hydrogen-bond donors (Lipinski definition) is 0. The molecule has 0 bridgehead atoms. The highest BCUT2D eigenvalue weighted by Crippen LogP contribution is 2.31. The molecule has 1 nitrogen and oxygen atoms in total. The van der Waals surface area contributed by atoms with E-state index in [1.54, 1.807) is 11.3 Å². The molecular formula is C9H5BrINS. The van der Waals surface area contributed by atoms with Gasteiger partial charge in [-0.2, -0.15) is 0 Å². The van der Waals surface area contributed by atoms with Crippen molar-refractivity contribution in [1.82, 2.24) is 4.98 Å². The Bertz CT molecular complexity index is 427. The van der Waals surface area contributed by atoms with Crippen molar-refractivity contribution in [3.63, 3.8) is 0 Å². The minimum Gasteiger partial charge on any atom is -0.243 e. The summed E-state index contributed by atoms with van der Waals surface area (Å²) in [6, 6.07) is 8.13. The van der Waals surface area contributed by atoms with Crippen LogP contribution in [-0.4, -0.2) is 4.98 Å². The Morgan fingerprint density at radius 3 is 2.69 bits per heavy atom. The molecule has 0 aliphatic rings. The third kappa shape index (κ3) is 2.11. The van der Waals surface area contributed by atoms with Gasteiger partial charge in [-0.15, -0.1) is 11.3 Å². The van der Waals surface area contributed by atoms with Crippen LogP contribution in [0.4, 0.5) is 0 Å². The van der Waals surface area contributed by atoms with Gasteiger partial charge in [0.25, 0.3) is 0 Å². The SMILES string of the molecule is Brc1ccccc1-c1ncc(I)s1. The van der Waals surface area contributed by atoms with Crippen molar-refractivity contribution >= 4 is 49.9 Å². The number of hydrogen-bond acceptors (Lipinski definition) is 2. The normalized spacial score (nSPS) is 10.3. The Hall–Kier alpha value is 0.0600. The topological polar surface area (TPSA) is 12.9 Å². The Labute approximate surface area is 102 Å². The van der Waals surface area contributed by atoms with E-state index in [2.05, 4.69) is 49.6 Å². The van der Waals surface area contributed by atoms with E-state index in [0.29, 0.717) is 0 Å². The van der Waals surface area contributed by atoms with Gasteiger partial charge in [0.15, 0.2) is 0 Å². The van der Waals surface area contributed by atoms with E-state index in [1.165, 1.54) is 2.88 Å². The molecule has 66 valence electrons. The summed E-state index contributed by atoms with van der Waals surface area (Å²) in [4.78, 5) is 4.33. The van der Waals surface area contributed by atoms with Gasteiger partial charge in [-0.1, -0.05) is 34.1 Å². The monoisotopic (exact) mass is 365 g/mol. The van der Waals surface area contributed by atoms with Crippen molar-refractivity contribution in [3.8, 4) is 10.6 Å². The zero-order chi connectivity index (χ0) is 9.26. The first kappa shape index (κ1) is 9.61. The van der Waals surface area contributed by atoms with E-state index in [0.717, 1.165) is 15.0 Å². The number of halogens is 2. The quantitative estimate of drug-likeness (QED) is 0.691. The van der Waals surface area contributed by atoms with E-state index in [-0.39, 0.29) is 0 Å². The van der Waals surface area contributed by atoms with Gasteiger partial charge >= 0.3 is 0 Å². The fourth-order valence-electron chi connectivity index (χ4n) is 1.01. The Kier molecular flexibility index (Phi) is 3.00. The highest BCUT2D eigenvalue weighted by molar-refractivity contribution is 14.1. The van der Waals surface area contributed by atoms with Gasteiger partial charge in [0, 0.05) is 10.0 Å². The van der Waals surface area contributed by atoms with Crippen LogP contribution >= 0.6 is 49.9 Å². The molecule has 0 amide bonds. The molecule has 2 aromatic rings. The minimum atomic E-state index is 1.07. The van der Waals surface area contributed by atoms with Gasteiger partial charge < -0.3 is 0 Å². The number of nitrogens with zero attached hydrogens (tertiary/aromatic N) is 1. The lowest BCUT2D eigenvalue weighted by atomic mass is 10.2. The van der Waals surface area contributed by atoms with Crippen LogP contribution in [0.3, 0.4) is 0 Å². The van der Waals surface area contributed by atoms with Gasteiger partial charge in [-0.05, 0) is 28.7 Å². The molecule has 0 spiro atoms. The molecule has 0 aliphatic heterocycles. The fraction of sp³-hybridized carbons (Fsp3) is 0. The lowest BCUT2D eigenvalue weighted by molar-refractivity contribution is 1.40. The van der Waals surface area contributed by atoms with Crippen LogP contribution in [0.15, 0.2) is 34.9 Å². The molecule has 0 saturated carbocycles. The molecule has 0 fully saturated rings. The maximum atomic E-state index is 4.33. The number of thiazole rings is 1. The average molecular weight is 366 g/mol. The molecule has 1 aromatic heterocycles. The maximum Gasteiger partial charge on any atom is 0.125 e. The third-order valence-electron chi connectivity index (χ3n) is 1.58. The van der Waals surface area contributed by atoms with Crippen molar-refractivity contribution in [3.05, 3.63) is 37.8 Å². The molecule has 0 saturated heterocycles. The Morgan fingerprint density at radius 1 is 1.31 bits per heavy atom. The number of benzene rings is 1. The summed E-state index contributed by atoms with van der Waals surface area (Å²) in [7, 11) is 0. The molecule has 0 N–H and O–H groups in total. The summed E-state index contributed by atoms with van der Waals surface area (Å²) < 4.78 is 2.31. The zero-order valence-corrected chi connectivity index (χ0v) is 11.1. The molecule has 4 heteroatoms. The van der Waals surface area contributed by atoms with E-state index in [1.807, 2.05) is 24.4 Å². The highest BCUT2D eigenvalue weighted by Gasteiger charge is 2.05. The number of rotatable bonds is 1. The molecule has 13 heavy (non-hydrogen) atoms. The summed E-state index contributed by atoms with van der Waals surface area (Å²) in [5.74, 6) is 0. The second kappa shape index (κ2) is 4.06. The van der Waals surface area contributed by atoms with Crippen LogP contribution in [0.25, 0.3) is 10.6 Å². The van der Waals surface area contributed by atoms with E-state index in [4.69, 9.17) is 0 Å². The molecule has 0 radical (unpaired) electrons. The molecular weight excluding hydrogens is 361 g/mol. The summed E-state index contributed by atoms with van der Waals surface area (Å²) in [5.41, 5.74) is 1.16. The van der Waals surface area contributed by atoms with Crippen LogP contribution in [0.1, 0.15) is 0 Å². The lowest BCUT2D eigenvalue weighted by Gasteiger charge is -1.97. The first-order valence-corrected chi connectivity index (χ1v) is 6.32. The first-order chi connectivity index (χ1) is 6.27. The smallest absolute Gasteiger partial charge is 0.125 e. The van der Waals surface area contributed by atoms with Gasteiger partial charge in [-0.3, -0.25) is 0 Å². The molecule has 1 heterocycles. The van der Waals surface area contributed by atoms with Crippen molar-refractivity contribution in [2.45, 2.75) is 0 Å². The predicted molar refractivity (Wildman–Crippen MR) is 68.0 cm³/mol. The van der Waals surface area contributed by atoms with Gasteiger partial charge in [0.05, 0.1) is 9.08 Å². The van der Waals surface area contributed by atoms with E-state index in [9.17, 15) is 0 Å². The van der Waals surface area contributed by atoms with Crippen LogP contribution < -0.4 is 0 Å². The summed E-state index contributed by atoms with van der Waals surface area (Å²) >= 11 is 7.49. The van der Waals surface area contributed by atoms with Crippen molar-refractivity contribution in [2.75, 3.05) is 0 Å². The van der Waals surface area contributed by atoms with Crippen LogP contribution in [-0.2, 0) is 0 Å². The van der Waals surface area contributed by atoms with Crippen LogP contribution in [0.2, 0.25) is 0 Å². The van der Waals surface area contributed by atoms with Gasteiger partial charge in [0.1, 0.15) is 5.01 Å². The second-order valence-electron chi connectivity index (χ2n) is 2.45. The zero-order valence-electron chi connectivity index (χ0n) is 6.50. The van der Waals surface area contributed by atoms with E-state index >= 15 is 0 Å². The molecule has 0 unspecified atom stereocenters. The largest absolute Gasteiger partial charge is 0.243 e. The molecule has 0 aliphatic carbocycles. The summed E-state index contributed by atoms with van der Waals surface area (Å²) in [6.45, 7) is 0. The van der Waals surface area contributed by atoms with Gasteiger partial charge in [0.2, 0.25) is 0 Å². The standard InChI is InChI=1S/C9H5BrINS/c10-7-4-2-1-3-6(7)9-12-5-8(11)13-9/h1-5H. The maximum absolute atomic E-state index is 4.33. The summed E-state index contributed by atoms with van der Waals surface area (Å²) in [6.07, 6.45) is 1.89. The van der Waals surface area contributed by atoms with Crippen LogP contribution in [0, 0.1) is 2.88 Å². The van der Waals surface area contributed by atoms with Gasteiger partial charge in [-0.25, -0.2) is 4.98 Å². The Morgan fingerprint density at radius 2 is 2.08 bits per heavy atom. The predicted octanol–water partition coefficient (Wildman–Crippen LogP) is 4.18. The van der Waals surface area contributed by atoms with E-state index < -0.39 is 0 Å². The molecule has 1 aromatic carbocycles. The summed E-state index contributed by atoms with van der Waals surface area (Å²) in [5, 5.41) is 1.07. The highest BCUT2D eigenvalue weighted by atomic mass is 127. The lowest BCUT2D eigenvalue weighted by Crippen LogP contribution is -1.75. The Balaban J connectivity index is 2.52. The van der Waals surface area contributed by atoms with Crippen molar-refractivity contribution in [2.24, 2.45) is 0 Å². The molecule has 2 rings (SSSR count). The second-order valence-corrected chi connectivity index (χ2v) is 6.23.